The molecule has 0 aliphatic carbocycles. The van der Waals surface area contributed by atoms with E-state index in [1.165, 1.54) is 30.3 Å². The number of halogens is 3. The van der Waals surface area contributed by atoms with Gasteiger partial charge in [0.25, 0.3) is 5.91 Å². The van der Waals surface area contributed by atoms with E-state index in [-0.39, 0.29) is 24.8 Å². The van der Waals surface area contributed by atoms with E-state index in [2.05, 4.69) is 5.32 Å². The molecule has 1 aliphatic rings. The molecule has 6 nitrogen and oxygen atoms in total. The van der Waals surface area contributed by atoms with E-state index in [0.717, 1.165) is 6.07 Å². The molecule has 4 rings (SSSR count). The molecule has 0 saturated heterocycles. The van der Waals surface area contributed by atoms with Crippen LogP contribution >= 0.6 is 0 Å². The molecule has 150 valence electrons. The summed E-state index contributed by atoms with van der Waals surface area (Å²) in [5.74, 6) is 1.09. The van der Waals surface area contributed by atoms with E-state index in [1.54, 1.807) is 18.2 Å². The molecular weight excluding hydrogens is 391 g/mol. The molecule has 29 heavy (non-hydrogen) atoms. The highest BCUT2D eigenvalue weighted by Gasteiger charge is 2.33. The van der Waals surface area contributed by atoms with Gasteiger partial charge in [0, 0.05) is 6.07 Å². The van der Waals surface area contributed by atoms with E-state index in [9.17, 15) is 18.0 Å². The van der Waals surface area contributed by atoms with Crippen LogP contribution in [0.4, 0.5) is 18.9 Å². The second-order valence-electron chi connectivity index (χ2n) is 6.07. The summed E-state index contributed by atoms with van der Waals surface area (Å²) < 4.78 is 60.6. The van der Waals surface area contributed by atoms with Crippen molar-refractivity contribution in [3.8, 4) is 17.2 Å². The first kappa shape index (κ1) is 18.7. The Hall–Kier alpha value is -3.62. The zero-order chi connectivity index (χ0) is 20.4. The Morgan fingerprint density at radius 3 is 2.66 bits per heavy atom. The number of para-hydroxylation sites is 1. The van der Waals surface area contributed by atoms with Crippen molar-refractivity contribution in [1.29, 1.82) is 0 Å². The third kappa shape index (κ3) is 4.13. The number of hydrogen-bond donors (Lipinski definition) is 1. The van der Waals surface area contributed by atoms with E-state index < -0.39 is 17.6 Å². The Morgan fingerprint density at radius 2 is 1.83 bits per heavy atom. The first-order chi connectivity index (χ1) is 13.9. The number of carbonyl (C=O) groups is 1. The lowest BCUT2D eigenvalue weighted by Gasteiger charge is -2.12. The minimum absolute atomic E-state index is 0.0199. The van der Waals surface area contributed by atoms with Crippen LogP contribution in [0.2, 0.25) is 0 Å². The van der Waals surface area contributed by atoms with Crippen LogP contribution in [-0.4, -0.2) is 12.7 Å². The molecule has 0 saturated carbocycles. The lowest BCUT2D eigenvalue weighted by molar-refractivity contribution is -0.136. The SMILES string of the molecule is O=C(Nc1ccccc1C(F)(F)F)c1ccc(COc2ccc3c(c2)OCO3)o1. The van der Waals surface area contributed by atoms with Gasteiger partial charge < -0.3 is 23.9 Å². The highest BCUT2D eigenvalue weighted by Crippen LogP contribution is 2.36. The van der Waals surface area contributed by atoms with E-state index in [0.29, 0.717) is 23.0 Å². The van der Waals surface area contributed by atoms with Crippen molar-refractivity contribution in [2.24, 2.45) is 0 Å². The van der Waals surface area contributed by atoms with Gasteiger partial charge >= 0.3 is 6.18 Å². The second kappa shape index (κ2) is 7.42. The summed E-state index contributed by atoms with van der Waals surface area (Å²) in [6, 6.07) is 12.6. The molecule has 1 aromatic heterocycles. The van der Waals surface area contributed by atoms with Crippen LogP contribution in [0.3, 0.4) is 0 Å². The Kier molecular flexibility index (Phi) is 4.79. The minimum atomic E-state index is -4.59. The fourth-order valence-corrected chi connectivity index (χ4v) is 2.72. The molecule has 1 amide bonds. The highest BCUT2D eigenvalue weighted by atomic mass is 19.4. The van der Waals surface area contributed by atoms with Gasteiger partial charge in [0.2, 0.25) is 6.79 Å². The molecule has 1 N–H and O–H groups in total. The maximum Gasteiger partial charge on any atom is 0.418 e. The van der Waals surface area contributed by atoms with Gasteiger partial charge in [0.15, 0.2) is 17.3 Å². The number of furan rings is 1. The topological polar surface area (TPSA) is 69.9 Å². The summed E-state index contributed by atoms with van der Waals surface area (Å²) >= 11 is 0. The summed E-state index contributed by atoms with van der Waals surface area (Å²) in [6.07, 6.45) is -4.59. The van der Waals surface area contributed by atoms with Crippen molar-refractivity contribution < 1.29 is 36.6 Å². The quantitative estimate of drug-likeness (QED) is 0.657. The van der Waals surface area contributed by atoms with Gasteiger partial charge in [0.05, 0.1) is 11.3 Å². The third-order valence-corrected chi connectivity index (χ3v) is 4.09. The van der Waals surface area contributed by atoms with Crippen LogP contribution in [0.1, 0.15) is 21.9 Å². The number of carbonyl (C=O) groups excluding carboxylic acids is 1. The number of anilines is 1. The molecular formula is C20H14F3NO5. The average molecular weight is 405 g/mol. The molecule has 0 spiro atoms. The lowest BCUT2D eigenvalue weighted by Crippen LogP contribution is -2.16. The number of hydrogen-bond acceptors (Lipinski definition) is 5. The first-order valence-electron chi connectivity index (χ1n) is 8.49. The summed E-state index contributed by atoms with van der Waals surface area (Å²) in [4.78, 5) is 12.3. The summed E-state index contributed by atoms with van der Waals surface area (Å²) in [6.45, 7) is 0.166. The van der Waals surface area contributed by atoms with E-state index in [1.807, 2.05) is 0 Å². The number of benzene rings is 2. The summed E-state index contributed by atoms with van der Waals surface area (Å²) in [5, 5.41) is 2.22. The number of nitrogens with one attached hydrogen (secondary N) is 1. The molecule has 0 bridgehead atoms. The molecule has 3 aromatic rings. The van der Waals surface area contributed by atoms with Gasteiger partial charge in [-0.1, -0.05) is 12.1 Å². The summed E-state index contributed by atoms with van der Waals surface area (Å²) in [5.41, 5.74) is -1.29. The zero-order valence-electron chi connectivity index (χ0n) is 14.8. The molecule has 2 aromatic carbocycles. The predicted molar refractivity (Wildman–Crippen MR) is 95.0 cm³/mol. The van der Waals surface area contributed by atoms with Crippen molar-refractivity contribution in [1.82, 2.24) is 0 Å². The van der Waals surface area contributed by atoms with Gasteiger partial charge in [-0.25, -0.2) is 0 Å². The van der Waals surface area contributed by atoms with Crippen LogP contribution in [0.25, 0.3) is 0 Å². The normalized spacial score (nSPS) is 12.7. The first-order valence-corrected chi connectivity index (χ1v) is 8.49. The minimum Gasteiger partial charge on any atom is -0.486 e. The monoisotopic (exact) mass is 405 g/mol. The second-order valence-corrected chi connectivity index (χ2v) is 6.07. The van der Waals surface area contributed by atoms with Crippen LogP contribution in [0, 0.1) is 0 Å². The van der Waals surface area contributed by atoms with Crippen molar-refractivity contribution in [2.45, 2.75) is 12.8 Å². The van der Waals surface area contributed by atoms with Gasteiger partial charge in [0.1, 0.15) is 18.1 Å². The standard InChI is InChI=1S/C20H14F3NO5/c21-20(22,23)14-3-1-2-4-15(14)24-19(25)17-8-6-13(29-17)10-26-12-5-7-16-18(9-12)28-11-27-16/h1-9H,10-11H2,(H,24,25). The number of rotatable bonds is 5. The summed E-state index contributed by atoms with van der Waals surface area (Å²) in [7, 11) is 0. The zero-order valence-corrected chi connectivity index (χ0v) is 14.8. The molecule has 0 radical (unpaired) electrons. The smallest absolute Gasteiger partial charge is 0.418 e. The number of fused-ring (bicyclic) bond motifs is 1. The van der Waals surface area contributed by atoms with Crippen molar-refractivity contribution in [2.75, 3.05) is 12.1 Å². The number of amides is 1. The number of ether oxygens (including phenoxy) is 3. The fourth-order valence-electron chi connectivity index (χ4n) is 2.72. The van der Waals surface area contributed by atoms with Crippen molar-refractivity contribution >= 4 is 11.6 Å². The molecule has 2 heterocycles. The Labute approximate surface area is 162 Å². The molecule has 1 aliphatic heterocycles. The van der Waals surface area contributed by atoms with Crippen molar-refractivity contribution in [3.05, 3.63) is 71.7 Å². The Bertz CT molecular complexity index is 1040. The van der Waals surface area contributed by atoms with Crippen LogP contribution in [-0.2, 0) is 12.8 Å². The largest absolute Gasteiger partial charge is 0.486 e. The lowest BCUT2D eigenvalue weighted by atomic mass is 10.1. The fraction of sp³-hybridized carbons (Fsp3) is 0.150. The molecule has 0 fully saturated rings. The maximum absolute atomic E-state index is 13.0. The Morgan fingerprint density at radius 1 is 1.03 bits per heavy atom. The van der Waals surface area contributed by atoms with Crippen LogP contribution in [0.5, 0.6) is 17.2 Å². The van der Waals surface area contributed by atoms with E-state index >= 15 is 0 Å². The Balaban J connectivity index is 1.41. The van der Waals surface area contributed by atoms with Crippen LogP contribution < -0.4 is 19.5 Å². The molecule has 0 atom stereocenters. The van der Waals surface area contributed by atoms with Gasteiger partial charge in [-0.2, -0.15) is 13.2 Å². The van der Waals surface area contributed by atoms with Crippen LogP contribution in [0.15, 0.2) is 59.0 Å². The highest BCUT2D eigenvalue weighted by molar-refractivity contribution is 6.02. The van der Waals surface area contributed by atoms with Gasteiger partial charge in [-0.05, 0) is 36.4 Å². The third-order valence-electron chi connectivity index (χ3n) is 4.09. The number of alkyl halides is 3. The molecule has 0 unspecified atom stereocenters. The molecule has 9 heteroatoms. The average Bonchev–Trinajstić information content (AvgIpc) is 3.35. The van der Waals surface area contributed by atoms with Gasteiger partial charge in [-0.3, -0.25) is 4.79 Å². The van der Waals surface area contributed by atoms with Gasteiger partial charge in [-0.15, -0.1) is 0 Å². The van der Waals surface area contributed by atoms with E-state index in [4.69, 9.17) is 18.6 Å². The maximum atomic E-state index is 13.0. The predicted octanol–water partition coefficient (Wildman–Crippen LogP) is 4.86. The van der Waals surface area contributed by atoms with Crippen molar-refractivity contribution in [3.63, 3.8) is 0 Å².